The number of rotatable bonds is 6. The minimum atomic E-state index is 0.0428. The summed E-state index contributed by atoms with van der Waals surface area (Å²) in [4.78, 5) is 19.6. The maximum absolute atomic E-state index is 12.9. The van der Waals surface area contributed by atoms with Gasteiger partial charge in [-0.3, -0.25) is 4.79 Å². The molecule has 0 bridgehead atoms. The van der Waals surface area contributed by atoms with E-state index in [1.54, 1.807) is 0 Å². The third-order valence-corrected chi connectivity index (χ3v) is 4.46. The molecule has 0 aromatic heterocycles. The number of fused-ring (bicyclic) bond motifs is 1. The number of azide groups is 1. The molecular formula is C19H21N5O. The highest BCUT2D eigenvalue weighted by Gasteiger charge is 2.29. The molecule has 6 heteroatoms. The lowest BCUT2D eigenvalue weighted by Crippen LogP contribution is -2.24. The number of nitrogens with zero attached hydrogens (tertiary/aromatic N) is 5. The first-order valence-electron chi connectivity index (χ1n) is 8.32. The van der Waals surface area contributed by atoms with E-state index in [1.807, 2.05) is 66.4 Å². The van der Waals surface area contributed by atoms with E-state index < -0.39 is 0 Å². The molecule has 0 aliphatic carbocycles. The van der Waals surface area contributed by atoms with Crippen LogP contribution in [0.2, 0.25) is 0 Å². The quantitative estimate of drug-likeness (QED) is 0.344. The van der Waals surface area contributed by atoms with Crippen molar-refractivity contribution < 1.29 is 4.79 Å². The molecule has 2 aromatic rings. The van der Waals surface area contributed by atoms with E-state index in [9.17, 15) is 4.79 Å². The summed E-state index contributed by atoms with van der Waals surface area (Å²) in [5, 5.41) is 3.58. The van der Waals surface area contributed by atoms with Crippen molar-refractivity contribution in [3.8, 4) is 0 Å². The summed E-state index contributed by atoms with van der Waals surface area (Å²) >= 11 is 0. The fourth-order valence-electron chi connectivity index (χ4n) is 3.13. The molecule has 1 aliphatic heterocycles. The van der Waals surface area contributed by atoms with Crippen molar-refractivity contribution in [2.75, 3.05) is 30.4 Å². The van der Waals surface area contributed by atoms with Gasteiger partial charge < -0.3 is 9.80 Å². The molecule has 0 spiro atoms. The first-order chi connectivity index (χ1) is 12.1. The van der Waals surface area contributed by atoms with Crippen molar-refractivity contribution in [3.05, 3.63) is 69.6 Å². The predicted octanol–water partition coefficient (Wildman–Crippen LogP) is 4.16. The van der Waals surface area contributed by atoms with E-state index in [2.05, 4.69) is 10.0 Å². The monoisotopic (exact) mass is 335 g/mol. The summed E-state index contributed by atoms with van der Waals surface area (Å²) in [5.74, 6) is 0.0428. The number of hydrogen-bond acceptors (Lipinski definition) is 3. The largest absolute Gasteiger partial charge is 0.378 e. The highest BCUT2D eigenvalue weighted by molar-refractivity contribution is 6.10. The number of carbonyl (C=O) groups is 1. The summed E-state index contributed by atoms with van der Waals surface area (Å²) in [5.41, 5.74) is 13.3. The lowest BCUT2D eigenvalue weighted by molar-refractivity contribution is 0.0996. The lowest BCUT2D eigenvalue weighted by atomic mass is 10.1. The van der Waals surface area contributed by atoms with Gasteiger partial charge in [0.25, 0.3) is 5.91 Å². The molecule has 1 amide bonds. The summed E-state index contributed by atoms with van der Waals surface area (Å²) in [7, 11) is 3.94. The zero-order chi connectivity index (χ0) is 17.8. The van der Waals surface area contributed by atoms with Crippen LogP contribution in [-0.4, -0.2) is 26.5 Å². The van der Waals surface area contributed by atoms with Gasteiger partial charge in [0, 0.05) is 42.5 Å². The average Bonchev–Trinajstić information content (AvgIpc) is 2.95. The van der Waals surface area contributed by atoms with Gasteiger partial charge in [-0.25, -0.2) is 0 Å². The summed E-state index contributed by atoms with van der Waals surface area (Å²) in [6.07, 6.45) is 1.54. The zero-order valence-electron chi connectivity index (χ0n) is 14.5. The molecule has 0 N–H and O–H groups in total. The molecule has 0 unspecified atom stereocenters. The number of para-hydroxylation sites is 1. The van der Waals surface area contributed by atoms with Gasteiger partial charge in [-0.1, -0.05) is 29.4 Å². The van der Waals surface area contributed by atoms with Gasteiger partial charge in [0.1, 0.15) is 0 Å². The van der Waals surface area contributed by atoms with E-state index in [0.717, 1.165) is 40.9 Å². The Bertz CT molecular complexity index is 839. The molecule has 1 heterocycles. The smallest absolute Gasteiger partial charge is 0.259 e. The van der Waals surface area contributed by atoms with Gasteiger partial charge in [0.15, 0.2) is 0 Å². The Morgan fingerprint density at radius 3 is 2.80 bits per heavy atom. The van der Waals surface area contributed by atoms with E-state index in [4.69, 9.17) is 5.53 Å². The number of hydrogen-bond donors (Lipinski definition) is 0. The average molecular weight is 335 g/mol. The molecule has 0 radical (unpaired) electrons. The van der Waals surface area contributed by atoms with Crippen molar-refractivity contribution in [2.45, 2.75) is 19.4 Å². The molecule has 3 rings (SSSR count). The summed E-state index contributed by atoms with van der Waals surface area (Å²) in [6, 6.07) is 14.0. The zero-order valence-corrected chi connectivity index (χ0v) is 14.5. The minimum absolute atomic E-state index is 0.0428. The molecule has 2 aromatic carbocycles. The third-order valence-electron chi connectivity index (χ3n) is 4.46. The van der Waals surface area contributed by atoms with Gasteiger partial charge in [-0.15, -0.1) is 0 Å². The molecule has 6 nitrogen and oxygen atoms in total. The van der Waals surface area contributed by atoms with Crippen LogP contribution in [0.4, 0.5) is 11.4 Å². The molecule has 0 saturated carbocycles. The Labute approximate surface area is 147 Å². The first-order valence-corrected chi connectivity index (χ1v) is 8.32. The molecule has 1 aliphatic rings. The summed E-state index contributed by atoms with van der Waals surface area (Å²) in [6.45, 7) is 1.06. The van der Waals surface area contributed by atoms with Gasteiger partial charge in [-0.05, 0) is 47.7 Å². The lowest BCUT2D eigenvalue weighted by Gasteiger charge is -2.19. The van der Waals surface area contributed by atoms with Crippen LogP contribution in [0, 0.1) is 0 Å². The van der Waals surface area contributed by atoms with E-state index in [0.29, 0.717) is 13.1 Å². The number of amides is 1. The van der Waals surface area contributed by atoms with Crippen LogP contribution in [0.25, 0.3) is 10.4 Å². The van der Waals surface area contributed by atoms with Crippen LogP contribution in [0.1, 0.15) is 27.9 Å². The van der Waals surface area contributed by atoms with Crippen molar-refractivity contribution in [3.63, 3.8) is 0 Å². The number of anilines is 2. The molecule has 0 fully saturated rings. The second-order valence-corrected chi connectivity index (χ2v) is 6.31. The predicted molar refractivity (Wildman–Crippen MR) is 100 cm³/mol. The Morgan fingerprint density at radius 1 is 1.24 bits per heavy atom. The second kappa shape index (κ2) is 7.28. The van der Waals surface area contributed by atoms with Crippen LogP contribution in [0.3, 0.4) is 0 Å². The number of benzene rings is 2. The Balaban J connectivity index is 1.86. The van der Waals surface area contributed by atoms with Gasteiger partial charge >= 0.3 is 0 Å². The van der Waals surface area contributed by atoms with Crippen LogP contribution in [-0.2, 0) is 13.0 Å². The van der Waals surface area contributed by atoms with Crippen LogP contribution >= 0.6 is 0 Å². The third kappa shape index (κ3) is 3.44. The van der Waals surface area contributed by atoms with Crippen LogP contribution in [0.15, 0.2) is 47.6 Å². The SMILES string of the molecule is CN(C)c1ccc2c(c1)C(=O)N(c1ccccc1CCCN=[N+]=[N-])C2. The summed E-state index contributed by atoms with van der Waals surface area (Å²) < 4.78 is 0. The second-order valence-electron chi connectivity index (χ2n) is 6.31. The van der Waals surface area contributed by atoms with E-state index >= 15 is 0 Å². The van der Waals surface area contributed by atoms with Crippen molar-refractivity contribution >= 4 is 17.3 Å². The minimum Gasteiger partial charge on any atom is -0.378 e. The Kier molecular flexibility index (Phi) is 4.91. The van der Waals surface area contributed by atoms with Crippen molar-refractivity contribution in [1.82, 2.24) is 0 Å². The Morgan fingerprint density at radius 2 is 2.04 bits per heavy atom. The fraction of sp³-hybridized carbons (Fsp3) is 0.316. The maximum Gasteiger partial charge on any atom is 0.259 e. The molecule has 25 heavy (non-hydrogen) atoms. The van der Waals surface area contributed by atoms with E-state index in [1.165, 1.54) is 0 Å². The van der Waals surface area contributed by atoms with Crippen molar-refractivity contribution in [1.29, 1.82) is 0 Å². The number of aryl methyl sites for hydroxylation is 1. The van der Waals surface area contributed by atoms with Crippen LogP contribution < -0.4 is 9.80 Å². The normalized spacial score (nSPS) is 12.7. The molecule has 0 saturated heterocycles. The molecular weight excluding hydrogens is 314 g/mol. The van der Waals surface area contributed by atoms with Gasteiger partial charge in [0.05, 0.1) is 6.54 Å². The maximum atomic E-state index is 12.9. The number of carbonyl (C=O) groups excluding carboxylic acids is 1. The fourth-order valence-corrected chi connectivity index (χ4v) is 3.13. The first kappa shape index (κ1) is 16.9. The van der Waals surface area contributed by atoms with Crippen LogP contribution in [0.5, 0.6) is 0 Å². The van der Waals surface area contributed by atoms with Gasteiger partial charge in [-0.2, -0.15) is 0 Å². The van der Waals surface area contributed by atoms with Gasteiger partial charge in [0.2, 0.25) is 0 Å². The van der Waals surface area contributed by atoms with Crippen molar-refractivity contribution in [2.24, 2.45) is 5.11 Å². The highest BCUT2D eigenvalue weighted by Crippen LogP contribution is 2.33. The van der Waals surface area contributed by atoms with E-state index in [-0.39, 0.29) is 5.91 Å². The Hall–Kier alpha value is -2.98. The highest BCUT2D eigenvalue weighted by atomic mass is 16.2. The topological polar surface area (TPSA) is 72.3 Å². The standard InChI is InChI=1S/C19H21N5O/c1-23(2)16-10-9-15-13-24(19(25)17(15)12-16)18-8-4-3-6-14(18)7-5-11-21-22-20/h3-4,6,8-10,12H,5,7,11,13H2,1-2H3. The molecule has 128 valence electrons. The molecule has 0 atom stereocenters.